The third kappa shape index (κ3) is 3.47. The van der Waals surface area contributed by atoms with Crippen LogP contribution in [0.15, 0.2) is 18.2 Å². The lowest BCUT2D eigenvalue weighted by Gasteiger charge is -2.23. The first-order valence-electron chi connectivity index (χ1n) is 6.87. The van der Waals surface area contributed by atoms with Gasteiger partial charge in [0.2, 0.25) is 0 Å². The van der Waals surface area contributed by atoms with E-state index >= 15 is 0 Å². The number of amides is 2. The SMILES string of the molecule is CN1C(=O)C(NC(=O)OC(C)(C)C)COc2c(F)cccc21. The molecule has 0 saturated carbocycles. The quantitative estimate of drug-likeness (QED) is 0.862. The van der Waals surface area contributed by atoms with Gasteiger partial charge in [0.1, 0.15) is 18.2 Å². The lowest BCUT2D eigenvalue weighted by molar-refractivity contribution is -0.120. The molecule has 2 amide bonds. The molecule has 2 rings (SSSR count). The van der Waals surface area contributed by atoms with Gasteiger partial charge < -0.3 is 19.7 Å². The number of likely N-dealkylation sites (N-methyl/N-ethyl adjacent to an activating group) is 1. The fourth-order valence-corrected chi connectivity index (χ4v) is 2.05. The van der Waals surface area contributed by atoms with E-state index < -0.39 is 29.5 Å². The van der Waals surface area contributed by atoms with Crippen molar-refractivity contribution in [2.75, 3.05) is 18.6 Å². The van der Waals surface area contributed by atoms with Gasteiger partial charge >= 0.3 is 6.09 Å². The maximum absolute atomic E-state index is 13.8. The maximum atomic E-state index is 13.8. The first-order valence-corrected chi connectivity index (χ1v) is 6.87. The zero-order valence-corrected chi connectivity index (χ0v) is 13.0. The van der Waals surface area contributed by atoms with Gasteiger partial charge in [0.15, 0.2) is 11.6 Å². The number of benzene rings is 1. The van der Waals surface area contributed by atoms with Crippen molar-refractivity contribution in [3.63, 3.8) is 0 Å². The van der Waals surface area contributed by atoms with Crippen molar-refractivity contribution in [3.05, 3.63) is 24.0 Å². The van der Waals surface area contributed by atoms with E-state index in [1.165, 1.54) is 24.1 Å². The molecule has 1 heterocycles. The third-order valence-corrected chi connectivity index (χ3v) is 3.02. The number of ether oxygens (including phenoxy) is 2. The summed E-state index contributed by atoms with van der Waals surface area (Å²) in [6.45, 7) is 4.98. The van der Waals surface area contributed by atoms with E-state index in [0.717, 1.165) is 0 Å². The minimum Gasteiger partial charge on any atom is -0.486 e. The van der Waals surface area contributed by atoms with Crippen molar-refractivity contribution in [1.82, 2.24) is 5.32 Å². The van der Waals surface area contributed by atoms with E-state index in [-0.39, 0.29) is 12.4 Å². The van der Waals surface area contributed by atoms with Crippen LogP contribution in [0.2, 0.25) is 0 Å². The van der Waals surface area contributed by atoms with Gasteiger partial charge in [-0.1, -0.05) is 6.07 Å². The smallest absolute Gasteiger partial charge is 0.408 e. The second-order valence-corrected chi connectivity index (χ2v) is 6.00. The van der Waals surface area contributed by atoms with Crippen molar-refractivity contribution in [2.24, 2.45) is 0 Å². The predicted octanol–water partition coefficient (Wildman–Crippen LogP) is 2.07. The Balaban J connectivity index is 2.16. The number of nitrogens with one attached hydrogen (secondary N) is 1. The molecule has 120 valence electrons. The molecule has 7 heteroatoms. The summed E-state index contributed by atoms with van der Waals surface area (Å²) in [5.41, 5.74) is -0.363. The molecule has 22 heavy (non-hydrogen) atoms. The Morgan fingerprint density at radius 2 is 2.14 bits per heavy atom. The minimum atomic E-state index is -0.952. The zero-order chi connectivity index (χ0) is 16.5. The average Bonchev–Trinajstić information content (AvgIpc) is 2.50. The van der Waals surface area contributed by atoms with E-state index in [4.69, 9.17) is 9.47 Å². The molecule has 0 bridgehead atoms. The summed E-state index contributed by atoms with van der Waals surface area (Å²) in [6, 6.07) is 3.36. The second kappa shape index (κ2) is 5.82. The topological polar surface area (TPSA) is 67.9 Å². The Kier molecular flexibility index (Phi) is 4.25. The molecule has 1 unspecified atom stereocenters. The van der Waals surface area contributed by atoms with Crippen LogP contribution in [-0.4, -0.2) is 37.3 Å². The minimum absolute atomic E-state index is 0.00756. The first-order chi connectivity index (χ1) is 10.2. The Morgan fingerprint density at radius 3 is 2.77 bits per heavy atom. The van der Waals surface area contributed by atoms with Gasteiger partial charge in [0.05, 0.1) is 5.69 Å². The molecular formula is C15H19FN2O4. The van der Waals surface area contributed by atoms with Crippen LogP contribution >= 0.6 is 0 Å². The van der Waals surface area contributed by atoms with Crippen molar-refractivity contribution in [3.8, 4) is 5.75 Å². The monoisotopic (exact) mass is 310 g/mol. The largest absolute Gasteiger partial charge is 0.486 e. The van der Waals surface area contributed by atoms with Gasteiger partial charge in [-0.15, -0.1) is 0 Å². The number of para-hydroxylation sites is 1. The van der Waals surface area contributed by atoms with E-state index in [0.29, 0.717) is 5.69 Å². The van der Waals surface area contributed by atoms with Crippen molar-refractivity contribution in [1.29, 1.82) is 0 Å². The summed E-state index contributed by atoms with van der Waals surface area (Å²) in [6.07, 6.45) is -0.728. The van der Waals surface area contributed by atoms with E-state index in [1.54, 1.807) is 26.8 Å². The van der Waals surface area contributed by atoms with Crippen LogP contribution in [0, 0.1) is 5.82 Å². The second-order valence-electron chi connectivity index (χ2n) is 6.00. The van der Waals surface area contributed by atoms with E-state index in [9.17, 15) is 14.0 Å². The number of alkyl carbamates (subject to hydrolysis) is 1. The molecule has 0 spiro atoms. The summed E-state index contributed by atoms with van der Waals surface area (Å²) in [4.78, 5) is 25.4. The number of carbonyl (C=O) groups is 2. The normalized spacial score (nSPS) is 18.1. The fourth-order valence-electron chi connectivity index (χ4n) is 2.05. The molecule has 1 aromatic carbocycles. The summed E-state index contributed by atoms with van der Waals surface area (Å²) < 4.78 is 24.3. The third-order valence-electron chi connectivity index (χ3n) is 3.02. The Hall–Kier alpha value is -2.31. The molecule has 1 aromatic rings. The fraction of sp³-hybridized carbons (Fsp3) is 0.467. The molecule has 1 aliphatic rings. The average molecular weight is 310 g/mol. The number of nitrogens with zero attached hydrogens (tertiary/aromatic N) is 1. The highest BCUT2D eigenvalue weighted by Crippen LogP contribution is 2.32. The number of hydrogen-bond donors (Lipinski definition) is 1. The van der Waals surface area contributed by atoms with Crippen molar-refractivity contribution in [2.45, 2.75) is 32.4 Å². The molecule has 0 aliphatic carbocycles. The highest BCUT2D eigenvalue weighted by atomic mass is 19.1. The number of rotatable bonds is 1. The Labute approximate surface area is 128 Å². The number of anilines is 1. The zero-order valence-electron chi connectivity index (χ0n) is 13.0. The standard InChI is InChI=1S/C15H19FN2O4/c1-15(2,3)22-14(20)17-10-8-21-12-9(16)6-5-7-11(12)18(4)13(10)19/h5-7,10H,8H2,1-4H3,(H,17,20). The molecule has 1 atom stereocenters. The van der Waals surface area contributed by atoms with Crippen LogP contribution in [0.25, 0.3) is 0 Å². The number of fused-ring (bicyclic) bond motifs is 1. The first kappa shape index (κ1) is 16.1. The molecule has 1 aliphatic heterocycles. The van der Waals surface area contributed by atoms with E-state index in [1.807, 2.05) is 0 Å². The highest BCUT2D eigenvalue weighted by Gasteiger charge is 2.32. The Morgan fingerprint density at radius 1 is 1.45 bits per heavy atom. The summed E-state index contributed by atoms with van der Waals surface area (Å²) in [7, 11) is 1.50. The van der Waals surface area contributed by atoms with Crippen LogP contribution in [0.3, 0.4) is 0 Å². The molecule has 0 aromatic heterocycles. The molecule has 6 nitrogen and oxygen atoms in total. The number of hydrogen-bond acceptors (Lipinski definition) is 4. The molecular weight excluding hydrogens is 291 g/mol. The van der Waals surface area contributed by atoms with Crippen LogP contribution < -0.4 is 15.0 Å². The lowest BCUT2D eigenvalue weighted by Crippen LogP contribution is -2.50. The number of carbonyl (C=O) groups excluding carboxylic acids is 2. The van der Waals surface area contributed by atoms with Gasteiger partial charge in [-0.25, -0.2) is 9.18 Å². The van der Waals surface area contributed by atoms with Crippen LogP contribution in [0.5, 0.6) is 5.75 Å². The maximum Gasteiger partial charge on any atom is 0.408 e. The molecule has 0 saturated heterocycles. The summed E-state index contributed by atoms with van der Waals surface area (Å²) in [5, 5.41) is 2.45. The van der Waals surface area contributed by atoms with E-state index in [2.05, 4.69) is 5.32 Å². The summed E-state index contributed by atoms with van der Waals surface area (Å²) in [5.74, 6) is -0.975. The van der Waals surface area contributed by atoms with Gasteiger partial charge in [0, 0.05) is 7.05 Å². The van der Waals surface area contributed by atoms with Gasteiger partial charge in [-0.05, 0) is 32.9 Å². The predicted molar refractivity (Wildman–Crippen MR) is 78.5 cm³/mol. The Bertz CT molecular complexity index is 598. The molecule has 1 N–H and O–H groups in total. The van der Waals surface area contributed by atoms with Crippen molar-refractivity contribution >= 4 is 17.7 Å². The van der Waals surface area contributed by atoms with Gasteiger partial charge in [-0.3, -0.25) is 4.79 Å². The van der Waals surface area contributed by atoms with Crippen LogP contribution in [-0.2, 0) is 9.53 Å². The highest BCUT2D eigenvalue weighted by molar-refractivity contribution is 6.00. The molecule has 0 fully saturated rings. The molecule has 0 radical (unpaired) electrons. The lowest BCUT2D eigenvalue weighted by atomic mass is 10.2. The van der Waals surface area contributed by atoms with Crippen molar-refractivity contribution < 1.29 is 23.5 Å². The van der Waals surface area contributed by atoms with Gasteiger partial charge in [-0.2, -0.15) is 0 Å². The van der Waals surface area contributed by atoms with Gasteiger partial charge in [0.25, 0.3) is 5.91 Å². The van der Waals surface area contributed by atoms with Crippen LogP contribution in [0.1, 0.15) is 20.8 Å². The summed E-state index contributed by atoms with van der Waals surface area (Å²) >= 11 is 0. The van der Waals surface area contributed by atoms with Crippen LogP contribution in [0.4, 0.5) is 14.9 Å². The number of halogens is 1.